The van der Waals surface area contributed by atoms with Crippen molar-refractivity contribution >= 4 is 34.4 Å². The fourth-order valence-electron chi connectivity index (χ4n) is 5.03. The number of halogens is 2. The molecule has 2 aromatic carbocycles. The first-order chi connectivity index (χ1) is 17.9. The summed E-state index contributed by atoms with van der Waals surface area (Å²) >= 11 is 6.12. The molecule has 0 N–H and O–H groups in total. The second-order valence-corrected chi connectivity index (χ2v) is 9.98. The minimum absolute atomic E-state index is 0.0362. The molecule has 3 aromatic rings. The monoisotopic (exact) mass is 529 g/mol. The van der Waals surface area contributed by atoms with Crippen molar-refractivity contribution in [2.45, 2.75) is 37.7 Å². The standard InChI is InChI=1S/C28H29ClFNO6/c1-34-28(33)19-12-22(13-19)36-11-10-35-21-4-2-17(3-5-21)18-6-8-31(9-7-18)26-16-25(32)23-14-20(30)15-24(29)27(23)37-26/h2-5,14-16,18-19,22H,6-13H2,1H3. The average Bonchev–Trinajstić information content (AvgIpc) is 2.88. The van der Waals surface area contributed by atoms with Gasteiger partial charge >= 0.3 is 5.97 Å². The summed E-state index contributed by atoms with van der Waals surface area (Å²) in [5, 5.41) is 0.237. The third-order valence-electron chi connectivity index (χ3n) is 7.23. The van der Waals surface area contributed by atoms with Gasteiger partial charge in [0.05, 0.1) is 36.1 Å². The highest BCUT2D eigenvalue weighted by Crippen LogP contribution is 2.33. The van der Waals surface area contributed by atoms with Crippen LogP contribution >= 0.6 is 11.6 Å². The molecule has 1 aromatic heterocycles. The van der Waals surface area contributed by atoms with E-state index in [1.807, 2.05) is 17.0 Å². The lowest BCUT2D eigenvalue weighted by molar-refractivity contribution is -0.155. The first-order valence-corrected chi connectivity index (χ1v) is 12.9. The van der Waals surface area contributed by atoms with E-state index in [-0.39, 0.29) is 39.4 Å². The van der Waals surface area contributed by atoms with E-state index in [0.717, 1.165) is 43.8 Å². The molecule has 1 saturated heterocycles. The molecule has 9 heteroatoms. The molecule has 1 saturated carbocycles. The van der Waals surface area contributed by atoms with E-state index in [0.29, 0.717) is 37.9 Å². The number of carbonyl (C=O) groups excluding carboxylic acids is 1. The molecule has 7 nitrogen and oxygen atoms in total. The van der Waals surface area contributed by atoms with Gasteiger partial charge in [0, 0.05) is 19.2 Å². The summed E-state index contributed by atoms with van der Waals surface area (Å²) in [7, 11) is 1.41. The normalized spacial score (nSPS) is 20.0. The number of esters is 1. The van der Waals surface area contributed by atoms with Crippen molar-refractivity contribution in [3.63, 3.8) is 0 Å². The Hall–Kier alpha value is -3.10. The SMILES string of the molecule is COC(=O)C1CC(OCCOc2ccc(C3CCN(c4cc(=O)c5cc(F)cc(Cl)c5o4)CC3)cc2)C1. The lowest BCUT2D eigenvalue weighted by atomic mass is 9.82. The van der Waals surface area contributed by atoms with E-state index < -0.39 is 5.82 Å². The van der Waals surface area contributed by atoms with E-state index in [2.05, 4.69) is 12.1 Å². The van der Waals surface area contributed by atoms with Gasteiger partial charge in [-0.2, -0.15) is 0 Å². The van der Waals surface area contributed by atoms with Crippen molar-refractivity contribution in [1.29, 1.82) is 0 Å². The molecular formula is C28H29ClFNO6. The maximum atomic E-state index is 13.6. The fraction of sp³-hybridized carbons (Fsp3) is 0.429. The minimum Gasteiger partial charge on any atom is -0.491 e. The van der Waals surface area contributed by atoms with Gasteiger partial charge in [-0.25, -0.2) is 4.39 Å². The van der Waals surface area contributed by atoms with Gasteiger partial charge < -0.3 is 23.5 Å². The van der Waals surface area contributed by atoms with E-state index in [1.54, 1.807) is 0 Å². The van der Waals surface area contributed by atoms with E-state index in [1.165, 1.54) is 18.7 Å². The summed E-state index contributed by atoms with van der Waals surface area (Å²) in [6, 6.07) is 11.8. The minimum atomic E-state index is -0.563. The number of hydrogen-bond donors (Lipinski definition) is 0. The summed E-state index contributed by atoms with van der Waals surface area (Å²) in [5.74, 6) is 0.873. The number of fused-ring (bicyclic) bond motifs is 1. The summed E-state index contributed by atoms with van der Waals surface area (Å²) < 4.78 is 35.8. The molecule has 0 amide bonds. The van der Waals surface area contributed by atoms with Crippen LogP contribution in [0.3, 0.4) is 0 Å². The predicted octanol–water partition coefficient (Wildman–Crippen LogP) is 5.32. The molecule has 37 heavy (non-hydrogen) atoms. The van der Waals surface area contributed by atoms with E-state index in [9.17, 15) is 14.0 Å². The Balaban J connectivity index is 1.09. The topological polar surface area (TPSA) is 78.2 Å². The lowest BCUT2D eigenvalue weighted by Gasteiger charge is -2.33. The second kappa shape index (κ2) is 11.1. The number of hydrogen-bond acceptors (Lipinski definition) is 7. The zero-order valence-electron chi connectivity index (χ0n) is 20.6. The number of carbonyl (C=O) groups is 1. The number of methoxy groups -OCH3 is 1. The number of ether oxygens (including phenoxy) is 3. The molecule has 2 heterocycles. The van der Waals surface area contributed by atoms with Crippen LogP contribution in [0.5, 0.6) is 5.75 Å². The highest BCUT2D eigenvalue weighted by Gasteiger charge is 2.35. The molecule has 1 aliphatic heterocycles. The van der Waals surface area contributed by atoms with Gasteiger partial charge in [0.25, 0.3) is 0 Å². The third-order valence-corrected chi connectivity index (χ3v) is 7.51. The molecule has 1 aliphatic carbocycles. The largest absolute Gasteiger partial charge is 0.491 e. The van der Waals surface area contributed by atoms with Crippen molar-refractivity contribution in [2.24, 2.45) is 5.92 Å². The number of anilines is 1. The second-order valence-electron chi connectivity index (χ2n) is 9.58. The Morgan fingerprint density at radius 1 is 1.11 bits per heavy atom. The van der Waals surface area contributed by atoms with Crippen LogP contribution in [0.1, 0.15) is 37.2 Å². The Kier molecular flexibility index (Phi) is 7.67. The molecule has 0 radical (unpaired) electrons. The van der Waals surface area contributed by atoms with E-state index in [4.69, 9.17) is 30.2 Å². The van der Waals surface area contributed by atoms with Crippen molar-refractivity contribution in [3.05, 3.63) is 69.1 Å². The van der Waals surface area contributed by atoms with Crippen molar-refractivity contribution in [1.82, 2.24) is 0 Å². The van der Waals surface area contributed by atoms with Crippen LogP contribution in [0.25, 0.3) is 11.0 Å². The lowest BCUT2D eigenvalue weighted by Crippen LogP contribution is -2.37. The van der Waals surface area contributed by atoms with Crippen LogP contribution in [0.2, 0.25) is 5.02 Å². The Morgan fingerprint density at radius 3 is 2.54 bits per heavy atom. The van der Waals surface area contributed by atoms with Gasteiger partial charge in [-0.1, -0.05) is 23.7 Å². The maximum Gasteiger partial charge on any atom is 0.308 e. The van der Waals surface area contributed by atoms with Crippen LogP contribution in [0.15, 0.2) is 51.7 Å². The quantitative estimate of drug-likeness (QED) is 0.289. The number of nitrogens with zero attached hydrogens (tertiary/aromatic N) is 1. The van der Waals surface area contributed by atoms with Crippen molar-refractivity contribution in [3.8, 4) is 5.75 Å². The molecule has 5 rings (SSSR count). The first-order valence-electron chi connectivity index (χ1n) is 12.5. The highest BCUT2D eigenvalue weighted by molar-refractivity contribution is 6.34. The Bertz CT molecular complexity index is 1310. The summed E-state index contributed by atoms with van der Waals surface area (Å²) in [6.07, 6.45) is 3.33. The fourth-order valence-corrected chi connectivity index (χ4v) is 5.28. The maximum absolute atomic E-state index is 13.6. The summed E-state index contributed by atoms with van der Waals surface area (Å²) in [5.41, 5.74) is 1.15. The van der Waals surface area contributed by atoms with Gasteiger partial charge in [-0.15, -0.1) is 0 Å². The van der Waals surface area contributed by atoms with Gasteiger partial charge in [-0.3, -0.25) is 9.59 Å². The van der Waals surface area contributed by atoms with Crippen LogP contribution in [0, 0.1) is 11.7 Å². The van der Waals surface area contributed by atoms with Crippen LogP contribution < -0.4 is 15.1 Å². The summed E-state index contributed by atoms with van der Waals surface area (Å²) in [4.78, 5) is 26.0. The Morgan fingerprint density at radius 2 is 1.84 bits per heavy atom. The third kappa shape index (κ3) is 5.75. The van der Waals surface area contributed by atoms with Crippen LogP contribution in [0.4, 0.5) is 10.3 Å². The molecule has 0 unspecified atom stereocenters. The highest BCUT2D eigenvalue weighted by atomic mass is 35.5. The number of benzene rings is 2. The molecule has 2 fully saturated rings. The molecule has 0 bridgehead atoms. The molecule has 196 valence electrons. The zero-order valence-corrected chi connectivity index (χ0v) is 21.3. The van der Waals surface area contributed by atoms with Gasteiger partial charge in [-0.05, 0) is 61.4 Å². The predicted molar refractivity (Wildman–Crippen MR) is 138 cm³/mol. The molecule has 2 aliphatic rings. The number of piperidine rings is 1. The summed E-state index contributed by atoms with van der Waals surface area (Å²) in [6.45, 7) is 2.38. The smallest absolute Gasteiger partial charge is 0.308 e. The number of rotatable bonds is 8. The molecule has 0 spiro atoms. The van der Waals surface area contributed by atoms with Crippen molar-refractivity contribution in [2.75, 3.05) is 38.3 Å². The molecule has 0 atom stereocenters. The first kappa shape index (κ1) is 25.5. The van der Waals surface area contributed by atoms with Gasteiger partial charge in [0.1, 0.15) is 18.2 Å². The Labute approximate surface area is 219 Å². The van der Waals surface area contributed by atoms with Crippen LogP contribution in [-0.2, 0) is 14.3 Å². The van der Waals surface area contributed by atoms with Crippen LogP contribution in [-0.4, -0.2) is 45.5 Å². The van der Waals surface area contributed by atoms with Crippen molar-refractivity contribution < 1.29 is 27.8 Å². The van der Waals surface area contributed by atoms with Gasteiger partial charge in [0.15, 0.2) is 16.9 Å². The van der Waals surface area contributed by atoms with E-state index >= 15 is 0 Å². The average molecular weight is 530 g/mol. The zero-order chi connectivity index (χ0) is 25.9. The molecular weight excluding hydrogens is 501 g/mol. The van der Waals surface area contributed by atoms with Gasteiger partial charge in [0.2, 0.25) is 0 Å².